The van der Waals surface area contributed by atoms with E-state index in [1.54, 1.807) is 25.1 Å². The number of anilines is 1. The van der Waals surface area contributed by atoms with Crippen molar-refractivity contribution >= 4 is 17.9 Å². The Bertz CT molecular complexity index is 1550. The highest BCUT2D eigenvalue weighted by atomic mass is 19.3. The van der Waals surface area contributed by atoms with Gasteiger partial charge in [-0.15, -0.1) is 0 Å². The van der Waals surface area contributed by atoms with Crippen LogP contribution >= 0.6 is 0 Å². The molecule has 4 aromatic rings. The molecule has 1 fully saturated rings. The van der Waals surface area contributed by atoms with Gasteiger partial charge in [0.25, 0.3) is 17.7 Å². The quantitative estimate of drug-likeness (QED) is 0.168. The first kappa shape index (κ1) is 25.3. The molecule has 1 aliphatic rings. The zero-order valence-corrected chi connectivity index (χ0v) is 21.3. The third-order valence-electron chi connectivity index (χ3n) is 7.01. The number of imidazole rings is 1. The summed E-state index contributed by atoms with van der Waals surface area (Å²) >= 11 is 0. The monoisotopic (exact) mass is 515 g/mol. The summed E-state index contributed by atoms with van der Waals surface area (Å²) in [6, 6.07) is 16.6. The minimum Gasteiger partial charge on any atom is -0.710 e. The van der Waals surface area contributed by atoms with Crippen molar-refractivity contribution < 1.29 is 23.1 Å². The fourth-order valence-corrected chi connectivity index (χ4v) is 4.95. The average molecular weight is 516 g/mol. The average Bonchev–Trinajstić information content (AvgIpc) is 3.69. The summed E-state index contributed by atoms with van der Waals surface area (Å²) in [7, 11) is 0. The lowest BCUT2D eigenvalue weighted by atomic mass is 9.93. The van der Waals surface area contributed by atoms with Gasteiger partial charge >= 0.3 is 0 Å². The molecule has 5 rings (SSSR count). The molecule has 2 N–H and O–H groups in total. The molecule has 0 radical (unpaired) electrons. The Morgan fingerprint density at radius 1 is 1.03 bits per heavy atom. The highest BCUT2D eigenvalue weighted by Crippen LogP contribution is 2.49. The van der Waals surface area contributed by atoms with Crippen LogP contribution in [0, 0.1) is 31.9 Å². The van der Waals surface area contributed by atoms with Gasteiger partial charge in [0.05, 0.1) is 5.56 Å². The Morgan fingerprint density at radius 3 is 2.34 bits per heavy atom. The lowest BCUT2D eigenvalue weighted by Gasteiger charge is -2.17. The molecule has 1 saturated carbocycles. The van der Waals surface area contributed by atoms with E-state index in [9.17, 15) is 23.6 Å². The predicted molar refractivity (Wildman–Crippen MR) is 141 cm³/mol. The van der Waals surface area contributed by atoms with Crippen LogP contribution in [-0.4, -0.2) is 17.2 Å². The van der Waals surface area contributed by atoms with Crippen LogP contribution in [0.4, 0.5) is 14.5 Å². The number of aldehydes is 1. The van der Waals surface area contributed by atoms with Gasteiger partial charge in [-0.25, -0.2) is 18.5 Å². The lowest BCUT2D eigenvalue weighted by molar-refractivity contribution is -0.594. The van der Waals surface area contributed by atoms with Gasteiger partial charge in [-0.2, -0.15) is 0 Å². The van der Waals surface area contributed by atoms with Crippen LogP contribution in [0.2, 0.25) is 0 Å². The van der Waals surface area contributed by atoms with E-state index in [2.05, 4.69) is 10.3 Å². The maximum atomic E-state index is 14.6. The molecule has 1 aliphatic carbocycles. The summed E-state index contributed by atoms with van der Waals surface area (Å²) in [6.07, 6.45) is 1.66. The number of amides is 1. The lowest BCUT2D eigenvalue weighted by Crippen LogP contribution is -2.36. The number of halogens is 2. The van der Waals surface area contributed by atoms with Gasteiger partial charge in [-0.3, -0.25) is 9.59 Å². The predicted octanol–water partition coefficient (Wildman–Crippen LogP) is 6.47. The Hall–Kier alpha value is -4.33. The molecule has 1 heterocycles. The Kier molecular flexibility index (Phi) is 6.34. The third kappa shape index (κ3) is 4.58. The normalized spacial score (nSPS) is 13.4. The van der Waals surface area contributed by atoms with Crippen LogP contribution < -0.4 is 10.0 Å². The molecule has 8 heteroatoms. The van der Waals surface area contributed by atoms with Crippen molar-refractivity contribution in [1.82, 2.24) is 4.98 Å². The first-order chi connectivity index (χ1) is 18.1. The number of hydrogen-bond donors (Lipinski definition) is 2. The van der Waals surface area contributed by atoms with Crippen molar-refractivity contribution in [1.29, 1.82) is 0 Å². The number of benzene rings is 3. The molecular weight excluding hydrogens is 488 g/mol. The summed E-state index contributed by atoms with van der Waals surface area (Å²) in [4.78, 5) is 27.8. The number of alkyl halides is 2. The second kappa shape index (κ2) is 9.52. The minimum atomic E-state index is -2.97. The largest absolute Gasteiger partial charge is 0.710 e. The molecule has 194 valence electrons. The van der Waals surface area contributed by atoms with Gasteiger partial charge < -0.3 is 10.5 Å². The van der Waals surface area contributed by atoms with E-state index in [1.165, 1.54) is 24.3 Å². The molecule has 0 spiro atoms. The SMILES string of the molecule is Cc1cccc(C)c1-c1cc(C=O)cc(-c2[nH]c(C)c(C(=O)Nc3cccc(C(F)(F)C4CC4)c3)[n+]2[O-])c1. The summed E-state index contributed by atoms with van der Waals surface area (Å²) in [5.41, 5.74) is 4.71. The van der Waals surface area contributed by atoms with Crippen LogP contribution in [-0.2, 0) is 5.92 Å². The number of rotatable bonds is 7. The molecule has 38 heavy (non-hydrogen) atoms. The number of nitrogens with zero attached hydrogens (tertiary/aromatic N) is 1. The van der Waals surface area contributed by atoms with Gasteiger partial charge in [0.2, 0.25) is 5.69 Å². The number of aromatic amines is 1. The topological polar surface area (TPSA) is 88.9 Å². The Labute approximate surface area is 218 Å². The van der Waals surface area contributed by atoms with Crippen molar-refractivity contribution in [2.75, 3.05) is 5.32 Å². The highest BCUT2D eigenvalue weighted by Gasteiger charge is 2.48. The fourth-order valence-electron chi connectivity index (χ4n) is 4.95. The van der Waals surface area contributed by atoms with E-state index in [0.29, 0.717) is 40.7 Å². The molecule has 0 saturated heterocycles. The first-order valence-corrected chi connectivity index (χ1v) is 12.4. The first-order valence-electron chi connectivity index (χ1n) is 12.4. The number of aryl methyl sites for hydroxylation is 3. The molecule has 6 nitrogen and oxygen atoms in total. The standard InChI is InChI=1S/C30H27F2N3O3/c1-17-6-4-7-18(2)26(17)21-12-20(16-36)13-22(14-21)28-33-19(3)27(35(28)38)29(37)34-25-9-5-8-24(15-25)30(31,32)23-10-11-23/h4-9,12-16,23,33H,10-11H2,1-3H3,(H,34,37). The van der Waals surface area contributed by atoms with Crippen LogP contribution in [0.3, 0.4) is 0 Å². The second-order valence-corrected chi connectivity index (χ2v) is 9.90. The molecular formula is C30H27F2N3O3. The zero-order chi connectivity index (χ0) is 27.2. The Balaban J connectivity index is 1.50. The van der Waals surface area contributed by atoms with E-state index in [1.807, 2.05) is 32.0 Å². The van der Waals surface area contributed by atoms with Crippen molar-refractivity contribution in [2.45, 2.75) is 39.5 Å². The molecule has 0 unspecified atom stereocenters. The third-order valence-corrected chi connectivity index (χ3v) is 7.01. The molecule has 1 amide bonds. The molecule has 0 atom stereocenters. The van der Waals surface area contributed by atoms with Crippen LogP contribution in [0.15, 0.2) is 60.7 Å². The summed E-state index contributed by atoms with van der Waals surface area (Å²) < 4.78 is 29.6. The second-order valence-electron chi connectivity index (χ2n) is 9.90. The number of H-pyrrole nitrogens is 1. The molecule has 0 aliphatic heterocycles. The molecule has 0 bridgehead atoms. The number of aromatic nitrogens is 2. The highest BCUT2D eigenvalue weighted by molar-refractivity contribution is 6.03. The number of hydrogen-bond acceptors (Lipinski definition) is 3. The number of nitrogens with one attached hydrogen (secondary N) is 2. The summed E-state index contributed by atoms with van der Waals surface area (Å²) in [5.74, 6) is -4.28. The van der Waals surface area contributed by atoms with Gasteiger partial charge in [0.15, 0.2) is 5.69 Å². The smallest absolute Gasteiger partial charge is 0.300 e. The van der Waals surface area contributed by atoms with Gasteiger partial charge in [0.1, 0.15) is 6.29 Å². The van der Waals surface area contributed by atoms with Crippen LogP contribution in [0.5, 0.6) is 0 Å². The van der Waals surface area contributed by atoms with Crippen molar-refractivity contribution in [2.24, 2.45) is 5.92 Å². The Morgan fingerprint density at radius 2 is 1.68 bits per heavy atom. The fraction of sp³-hybridized carbons (Fsp3) is 0.233. The molecule has 1 aromatic heterocycles. The van der Waals surface area contributed by atoms with E-state index in [0.717, 1.165) is 22.3 Å². The van der Waals surface area contributed by atoms with E-state index >= 15 is 0 Å². The van der Waals surface area contributed by atoms with Crippen LogP contribution in [0.25, 0.3) is 22.5 Å². The maximum Gasteiger partial charge on any atom is 0.300 e. The summed E-state index contributed by atoms with van der Waals surface area (Å²) in [6.45, 7) is 5.53. The maximum absolute atomic E-state index is 14.6. The molecule has 3 aromatic carbocycles. The van der Waals surface area contributed by atoms with Crippen molar-refractivity contribution in [3.8, 4) is 22.5 Å². The van der Waals surface area contributed by atoms with Gasteiger partial charge in [0, 0.05) is 29.7 Å². The van der Waals surface area contributed by atoms with Crippen LogP contribution in [0.1, 0.15) is 56.1 Å². The van der Waals surface area contributed by atoms with E-state index in [-0.39, 0.29) is 22.8 Å². The van der Waals surface area contributed by atoms with E-state index in [4.69, 9.17) is 0 Å². The van der Waals surface area contributed by atoms with Crippen molar-refractivity contribution in [3.63, 3.8) is 0 Å². The van der Waals surface area contributed by atoms with E-state index < -0.39 is 17.7 Å². The minimum absolute atomic E-state index is 0.0952. The van der Waals surface area contributed by atoms with Gasteiger partial charge in [-0.05, 0) is 79.3 Å². The summed E-state index contributed by atoms with van der Waals surface area (Å²) in [5, 5.41) is 15.9. The number of carbonyl (C=O) groups is 2. The number of carbonyl (C=O) groups excluding carboxylic acids is 2. The van der Waals surface area contributed by atoms with Gasteiger partial charge in [-0.1, -0.05) is 30.3 Å². The van der Waals surface area contributed by atoms with Crippen molar-refractivity contribution in [3.05, 3.63) is 99.5 Å². The zero-order valence-electron chi connectivity index (χ0n) is 21.3.